The van der Waals surface area contributed by atoms with Gasteiger partial charge in [-0.05, 0) is 24.6 Å². The maximum Gasteiger partial charge on any atom is 0.315 e. The molecule has 0 spiro atoms. The number of nitrogens with two attached hydrogens (primary N) is 1. The van der Waals surface area contributed by atoms with E-state index >= 15 is 0 Å². The minimum atomic E-state index is -0.467. The van der Waals surface area contributed by atoms with Crippen molar-refractivity contribution in [3.63, 3.8) is 0 Å². The number of phenols is 1. The molecule has 0 aliphatic carbocycles. The van der Waals surface area contributed by atoms with Crippen molar-refractivity contribution >= 4 is 6.03 Å². The molecule has 0 saturated heterocycles. The molecule has 76 valence electrons. The number of carbonyl (C=O) groups excluding carboxylic acids is 1. The van der Waals surface area contributed by atoms with Crippen molar-refractivity contribution in [2.75, 3.05) is 7.05 Å². The average molecular weight is 194 g/mol. The summed E-state index contributed by atoms with van der Waals surface area (Å²) >= 11 is 0. The van der Waals surface area contributed by atoms with Gasteiger partial charge < -0.3 is 15.7 Å². The van der Waals surface area contributed by atoms with Crippen molar-refractivity contribution in [3.05, 3.63) is 29.8 Å². The van der Waals surface area contributed by atoms with E-state index in [9.17, 15) is 4.79 Å². The van der Waals surface area contributed by atoms with Crippen LogP contribution in [0.2, 0.25) is 0 Å². The minimum Gasteiger partial charge on any atom is -0.508 e. The molecule has 2 amide bonds. The Morgan fingerprint density at radius 1 is 1.43 bits per heavy atom. The van der Waals surface area contributed by atoms with E-state index in [0.29, 0.717) is 0 Å². The summed E-state index contributed by atoms with van der Waals surface area (Å²) in [7, 11) is 1.64. The summed E-state index contributed by atoms with van der Waals surface area (Å²) in [4.78, 5) is 12.3. The highest BCUT2D eigenvalue weighted by Gasteiger charge is 2.13. The van der Waals surface area contributed by atoms with E-state index in [0.717, 1.165) is 5.56 Å². The number of carbonyl (C=O) groups is 1. The molecule has 0 bridgehead atoms. The molecular weight excluding hydrogens is 180 g/mol. The number of rotatable bonds is 2. The lowest BCUT2D eigenvalue weighted by atomic mass is 10.1. The normalized spacial score (nSPS) is 12.1. The standard InChI is InChI=1S/C10H14N2O2/c1-7(12(2)10(11)14)8-3-5-9(13)6-4-8/h3-7,13H,1-2H3,(H2,11,14). The first kappa shape index (κ1) is 10.4. The average Bonchev–Trinajstić information content (AvgIpc) is 2.16. The maximum atomic E-state index is 10.9. The molecule has 14 heavy (non-hydrogen) atoms. The largest absolute Gasteiger partial charge is 0.508 e. The number of benzene rings is 1. The Morgan fingerprint density at radius 3 is 2.36 bits per heavy atom. The molecule has 1 aromatic rings. The van der Waals surface area contributed by atoms with Crippen molar-refractivity contribution < 1.29 is 9.90 Å². The lowest BCUT2D eigenvalue weighted by Gasteiger charge is -2.23. The summed E-state index contributed by atoms with van der Waals surface area (Å²) in [5, 5.41) is 9.08. The fourth-order valence-corrected chi connectivity index (χ4v) is 1.17. The molecule has 4 nitrogen and oxygen atoms in total. The Hall–Kier alpha value is -1.71. The van der Waals surface area contributed by atoms with E-state index in [1.165, 1.54) is 4.90 Å². The molecule has 4 heteroatoms. The second-order valence-electron chi connectivity index (χ2n) is 3.22. The number of hydrogen-bond donors (Lipinski definition) is 2. The zero-order chi connectivity index (χ0) is 10.7. The summed E-state index contributed by atoms with van der Waals surface area (Å²) in [5.41, 5.74) is 6.08. The first-order valence-electron chi connectivity index (χ1n) is 4.33. The maximum absolute atomic E-state index is 10.9. The van der Waals surface area contributed by atoms with Gasteiger partial charge in [0.2, 0.25) is 0 Å². The number of aromatic hydroxyl groups is 1. The van der Waals surface area contributed by atoms with Crippen LogP contribution >= 0.6 is 0 Å². The highest BCUT2D eigenvalue weighted by molar-refractivity contribution is 5.72. The number of amides is 2. The molecule has 1 unspecified atom stereocenters. The predicted octanol–water partition coefficient (Wildman–Crippen LogP) is 1.46. The Kier molecular flexibility index (Phi) is 2.96. The van der Waals surface area contributed by atoms with Gasteiger partial charge in [0, 0.05) is 7.05 Å². The summed E-state index contributed by atoms with van der Waals surface area (Å²) in [6, 6.07) is 6.14. The third-order valence-corrected chi connectivity index (χ3v) is 2.30. The topological polar surface area (TPSA) is 66.6 Å². The molecule has 1 aromatic carbocycles. The second kappa shape index (κ2) is 4.00. The fourth-order valence-electron chi connectivity index (χ4n) is 1.17. The van der Waals surface area contributed by atoms with Crippen LogP contribution in [-0.2, 0) is 0 Å². The number of primary amides is 1. The molecule has 0 heterocycles. The molecule has 3 N–H and O–H groups in total. The first-order valence-corrected chi connectivity index (χ1v) is 4.33. The third kappa shape index (κ3) is 2.16. The lowest BCUT2D eigenvalue weighted by Crippen LogP contribution is -2.34. The number of hydrogen-bond acceptors (Lipinski definition) is 2. The molecular formula is C10H14N2O2. The van der Waals surface area contributed by atoms with E-state index in [1.54, 1.807) is 31.3 Å². The van der Waals surface area contributed by atoms with Gasteiger partial charge in [0.15, 0.2) is 0 Å². The van der Waals surface area contributed by atoms with Crippen molar-refractivity contribution in [2.24, 2.45) is 5.73 Å². The van der Waals surface area contributed by atoms with Gasteiger partial charge in [-0.1, -0.05) is 12.1 Å². The van der Waals surface area contributed by atoms with Crippen molar-refractivity contribution in [1.82, 2.24) is 4.90 Å². The van der Waals surface area contributed by atoms with Crippen LogP contribution in [0.1, 0.15) is 18.5 Å². The Balaban J connectivity index is 2.84. The quantitative estimate of drug-likeness (QED) is 0.748. The molecule has 0 aliphatic heterocycles. The lowest BCUT2D eigenvalue weighted by molar-refractivity contribution is 0.204. The van der Waals surface area contributed by atoms with Crippen LogP contribution in [0.4, 0.5) is 4.79 Å². The monoisotopic (exact) mass is 194 g/mol. The van der Waals surface area contributed by atoms with Gasteiger partial charge in [-0.2, -0.15) is 0 Å². The molecule has 0 aromatic heterocycles. The molecule has 1 atom stereocenters. The van der Waals surface area contributed by atoms with Gasteiger partial charge in [-0.15, -0.1) is 0 Å². The fraction of sp³-hybridized carbons (Fsp3) is 0.300. The van der Waals surface area contributed by atoms with Crippen LogP contribution in [0.25, 0.3) is 0 Å². The zero-order valence-electron chi connectivity index (χ0n) is 8.27. The molecule has 0 radical (unpaired) electrons. The van der Waals surface area contributed by atoms with Gasteiger partial charge >= 0.3 is 6.03 Å². The summed E-state index contributed by atoms with van der Waals surface area (Å²) < 4.78 is 0. The van der Waals surface area contributed by atoms with Gasteiger partial charge in [0.1, 0.15) is 5.75 Å². The van der Waals surface area contributed by atoms with Gasteiger partial charge in [0.05, 0.1) is 6.04 Å². The van der Waals surface area contributed by atoms with E-state index < -0.39 is 6.03 Å². The first-order chi connectivity index (χ1) is 6.52. The van der Waals surface area contributed by atoms with E-state index in [4.69, 9.17) is 10.8 Å². The third-order valence-electron chi connectivity index (χ3n) is 2.30. The van der Waals surface area contributed by atoms with Crippen LogP contribution in [0.15, 0.2) is 24.3 Å². The molecule has 0 saturated carbocycles. The second-order valence-corrected chi connectivity index (χ2v) is 3.22. The van der Waals surface area contributed by atoms with E-state index in [1.807, 2.05) is 6.92 Å². The minimum absolute atomic E-state index is 0.0897. The van der Waals surface area contributed by atoms with Crippen LogP contribution in [0, 0.1) is 0 Å². The molecule has 0 aliphatic rings. The van der Waals surface area contributed by atoms with Crippen LogP contribution in [0.5, 0.6) is 5.75 Å². The number of nitrogens with zero attached hydrogens (tertiary/aromatic N) is 1. The zero-order valence-corrected chi connectivity index (χ0v) is 8.27. The van der Waals surface area contributed by atoms with E-state index in [2.05, 4.69) is 0 Å². The van der Waals surface area contributed by atoms with Crippen molar-refractivity contribution in [2.45, 2.75) is 13.0 Å². The van der Waals surface area contributed by atoms with Crippen LogP contribution in [-0.4, -0.2) is 23.1 Å². The van der Waals surface area contributed by atoms with Crippen molar-refractivity contribution in [3.8, 4) is 5.75 Å². The van der Waals surface area contributed by atoms with Gasteiger partial charge in [0.25, 0.3) is 0 Å². The summed E-state index contributed by atoms with van der Waals surface area (Å²) in [5.74, 6) is 0.211. The van der Waals surface area contributed by atoms with E-state index in [-0.39, 0.29) is 11.8 Å². The number of phenolic OH excluding ortho intramolecular Hbond substituents is 1. The Bertz CT molecular complexity index is 321. The highest BCUT2D eigenvalue weighted by atomic mass is 16.3. The summed E-state index contributed by atoms with van der Waals surface area (Å²) in [6.07, 6.45) is 0. The molecule has 0 fully saturated rings. The van der Waals surface area contributed by atoms with Crippen molar-refractivity contribution in [1.29, 1.82) is 0 Å². The highest BCUT2D eigenvalue weighted by Crippen LogP contribution is 2.20. The molecule has 1 rings (SSSR count). The van der Waals surface area contributed by atoms with Gasteiger partial charge in [-0.3, -0.25) is 0 Å². The Morgan fingerprint density at radius 2 is 1.93 bits per heavy atom. The Labute approximate surface area is 82.9 Å². The number of urea groups is 1. The van der Waals surface area contributed by atoms with Crippen LogP contribution < -0.4 is 5.73 Å². The SMILES string of the molecule is CC(c1ccc(O)cc1)N(C)C(N)=O. The predicted molar refractivity (Wildman–Crippen MR) is 53.9 cm³/mol. The van der Waals surface area contributed by atoms with Gasteiger partial charge in [-0.25, -0.2) is 4.79 Å². The summed E-state index contributed by atoms with van der Waals surface area (Å²) in [6.45, 7) is 1.87. The smallest absolute Gasteiger partial charge is 0.315 e. The van der Waals surface area contributed by atoms with Crippen LogP contribution in [0.3, 0.4) is 0 Å².